The van der Waals surface area contributed by atoms with Gasteiger partial charge in [0.2, 0.25) is 0 Å². The van der Waals surface area contributed by atoms with E-state index in [1.165, 1.54) is 5.56 Å². The Morgan fingerprint density at radius 2 is 1.93 bits per heavy atom. The van der Waals surface area contributed by atoms with Crippen LogP contribution in [-0.4, -0.2) is 11.7 Å². The van der Waals surface area contributed by atoms with Crippen LogP contribution < -0.4 is 4.74 Å². The van der Waals surface area contributed by atoms with Crippen molar-refractivity contribution < 1.29 is 9.84 Å². The molecule has 0 heterocycles. The molecule has 0 fully saturated rings. The van der Waals surface area contributed by atoms with Crippen LogP contribution in [0.5, 0.6) is 5.75 Å². The van der Waals surface area contributed by atoms with Crippen molar-refractivity contribution in [3.63, 3.8) is 0 Å². The molecule has 2 nitrogen and oxygen atoms in total. The first kappa shape index (κ1) is 12.1. The normalized spacial score (nSPS) is 11.5. The van der Waals surface area contributed by atoms with E-state index < -0.39 is 0 Å². The van der Waals surface area contributed by atoms with E-state index in [2.05, 4.69) is 20.8 Å². The summed E-state index contributed by atoms with van der Waals surface area (Å²) in [5, 5.41) is 9.32. The molecule has 1 N–H and O–H groups in total. The summed E-state index contributed by atoms with van der Waals surface area (Å²) < 4.78 is 5.40. The molecular weight excluding hydrogens is 188 g/mol. The minimum absolute atomic E-state index is 0.0583. The van der Waals surface area contributed by atoms with E-state index in [-0.39, 0.29) is 12.0 Å². The van der Waals surface area contributed by atoms with Gasteiger partial charge in [-0.05, 0) is 35.6 Å². The number of rotatable bonds is 3. The van der Waals surface area contributed by atoms with Crippen molar-refractivity contribution in [2.75, 3.05) is 6.61 Å². The Labute approximate surface area is 91.9 Å². The second-order valence-corrected chi connectivity index (χ2v) is 4.66. The fourth-order valence-corrected chi connectivity index (χ4v) is 1.69. The summed E-state index contributed by atoms with van der Waals surface area (Å²) in [7, 11) is 0. The van der Waals surface area contributed by atoms with Crippen LogP contribution in [0, 0.1) is 0 Å². The van der Waals surface area contributed by atoms with E-state index >= 15 is 0 Å². The molecule has 0 saturated heterocycles. The van der Waals surface area contributed by atoms with Crippen LogP contribution in [0.15, 0.2) is 18.2 Å². The van der Waals surface area contributed by atoms with Crippen LogP contribution in [0.25, 0.3) is 0 Å². The van der Waals surface area contributed by atoms with Crippen molar-refractivity contribution in [1.82, 2.24) is 0 Å². The largest absolute Gasteiger partial charge is 0.494 e. The zero-order valence-electron chi connectivity index (χ0n) is 10.0. The molecule has 0 bridgehead atoms. The molecule has 0 amide bonds. The summed E-state index contributed by atoms with van der Waals surface area (Å²) in [5.74, 6) is 0.828. The average molecular weight is 208 g/mol. The van der Waals surface area contributed by atoms with E-state index in [9.17, 15) is 5.11 Å². The van der Waals surface area contributed by atoms with Crippen molar-refractivity contribution in [3.8, 4) is 5.75 Å². The number of benzene rings is 1. The lowest BCUT2D eigenvalue weighted by atomic mass is 9.84. The highest BCUT2D eigenvalue weighted by Gasteiger charge is 2.17. The highest BCUT2D eigenvalue weighted by atomic mass is 16.5. The minimum atomic E-state index is 0.0583. The smallest absolute Gasteiger partial charge is 0.119 e. The maximum Gasteiger partial charge on any atom is 0.119 e. The highest BCUT2D eigenvalue weighted by molar-refractivity contribution is 5.39. The third kappa shape index (κ3) is 2.96. The Morgan fingerprint density at radius 3 is 2.40 bits per heavy atom. The van der Waals surface area contributed by atoms with Gasteiger partial charge in [-0.1, -0.05) is 26.8 Å². The minimum Gasteiger partial charge on any atom is -0.494 e. The molecule has 0 atom stereocenters. The van der Waals surface area contributed by atoms with Crippen LogP contribution >= 0.6 is 0 Å². The molecule has 0 unspecified atom stereocenters. The molecule has 15 heavy (non-hydrogen) atoms. The van der Waals surface area contributed by atoms with Crippen molar-refractivity contribution in [1.29, 1.82) is 0 Å². The Kier molecular flexibility index (Phi) is 3.75. The van der Waals surface area contributed by atoms with Gasteiger partial charge in [-0.3, -0.25) is 0 Å². The fourth-order valence-electron chi connectivity index (χ4n) is 1.69. The molecule has 1 aromatic rings. The number of hydrogen-bond donors (Lipinski definition) is 1. The van der Waals surface area contributed by atoms with E-state index in [0.29, 0.717) is 6.61 Å². The van der Waals surface area contributed by atoms with Gasteiger partial charge in [0.05, 0.1) is 13.2 Å². The maximum atomic E-state index is 9.32. The van der Waals surface area contributed by atoms with Gasteiger partial charge in [0.25, 0.3) is 0 Å². The lowest BCUT2D eigenvalue weighted by Crippen LogP contribution is -2.14. The zero-order valence-corrected chi connectivity index (χ0v) is 10.0. The first-order chi connectivity index (χ1) is 6.99. The lowest BCUT2D eigenvalue weighted by Gasteiger charge is -2.22. The van der Waals surface area contributed by atoms with Crippen LogP contribution in [0.4, 0.5) is 0 Å². The van der Waals surface area contributed by atoms with Crippen molar-refractivity contribution in [2.24, 2.45) is 0 Å². The van der Waals surface area contributed by atoms with Crippen LogP contribution in [-0.2, 0) is 12.0 Å². The topological polar surface area (TPSA) is 29.5 Å². The van der Waals surface area contributed by atoms with E-state index in [0.717, 1.165) is 11.3 Å². The van der Waals surface area contributed by atoms with Gasteiger partial charge in [-0.15, -0.1) is 0 Å². The zero-order chi connectivity index (χ0) is 11.5. The van der Waals surface area contributed by atoms with Crippen molar-refractivity contribution in [3.05, 3.63) is 29.3 Å². The molecule has 2 heteroatoms. The summed E-state index contributed by atoms with van der Waals surface area (Å²) in [5.41, 5.74) is 2.19. The third-order valence-corrected chi connectivity index (χ3v) is 2.37. The van der Waals surface area contributed by atoms with E-state index in [1.54, 1.807) is 0 Å². The molecule has 1 rings (SSSR count). The van der Waals surface area contributed by atoms with Gasteiger partial charge in [-0.2, -0.15) is 0 Å². The molecule has 0 spiro atoms. The fraction of sp³-hybridized carbons (Fsp3) is 0.538. The summed E-state index contributed by atoms with van der Waals surface area (Å²) in [6, 6.07) is 5.92. The van der Waals surface area contributed by atoms with Gasteiger partial charge in [0.15, 0.2) is 0 Å². The molecule has 0 aliphatic heterocycles. The summed E-state index contributed by atoms with van der Waals surface area (Å²) in [4.78, 5) is 0. The monoisotopic (exact) mass is 208 g/mol. The van der Waals surface area contributed by atoms with Gasteiger partial charge in [-0.25, -0.2) is 0 Å². The number of aliphatic hydroxyl groups is 1. The first-order valence-electron chi connectivity index (χ1n) is 5.36. The SMILES string of the molecule is CCOc1ccc(C(C)(C)C)c(CO)c1. The second kappa shape index (κ2) is 4.67. The van der Waals surface area contributed by atoms with Crippen LogP contribution in [0.2, 0.25) is 0 Å². The first-order valence-corrected chi connectivity index (χ1v) is 5.36. The van der Waals surface area contributed by atoms with Gasteiger partial charge < -0.3 is 9.84 Å². The lowest BCUT2D eigenvalue weighted by molar-refractivity contribution is 0.276. The third-order valence-electron chi connectivity index (χ3n) is 2.37. The Balaban J connectivity index is 3.09. The maximum absolute atomic E-state index is 9.32. The molecule has 1 aromatic carbocycles. The Bertz CT molecular complexity index is 324. The summed E-state index contributed by atoms with van der Waals surface area (Å²) in [6.07, 6.45) is 0. The van der Waals surface area contributed by atoms with E-state index in [1.807, 2.05) is 25.1 Å². The average Bonchev–Trinajstić information content (AvgIpc) is 2.16. The predicted molar refractivity (Wildman–Crippen MR) is 62.2 cm³/mol. The summed E-state index contributed by atoms with van der Waals surface area (Å²) in [6.45, 7) is 9.09. The molecule has 0 radical (unpaired) electrons. The molecule has 0 aliphatic carbocycles. The van der Waals surface area contributed by atoms with Crippen LogP contribution in [0.1, 0.15) is 38.8 Å². The quantitative estimate of drug-likeness (QED) is 0.827. The number of ether oxygens (including phenoxy) is 1. The molecule has 0 aromatic heterocycles. The van der Waals surface area contributed by atoms with Crippen molar-refractivity contribution in [2.45, 2.75) is 39.7 Å². The van der Waals surface area contributed by atoms with Gasteiger partial charge in [0, 0.05) is 0 Å². The summed E-state index contributed by atoms with van der Waals surface area (Å²) >= 11 is 0. The van der Waals surface area contributed by atoms with Crippen LogP contribution in [0.3, 0.4) is 0 Å². The van der Waals surface area contributed by atoms with E-state index in [4.69, 9.17) is 4.74 Å². The second-order valence-electron chi connectivity index (χ2n) is 4.66. The number of hydrogen-bond acceptors (Lipinski definition) is 2. The molecule has 84 valence electrons. The Morgan fingerprint density at radius 1 is 1.27 bits per heavy atom. The molecular formula is C13H20O2. The van der Waals surface area contributed by atoms with Gasteiger partial charge >= 0.3 is 0 Å². The van der Waals surface area contributed by atoms with Crippen molar-refractivity contribution >= 4 is 0 Å². The highest BCUT2D eigenvalue weighted by Crippen LogP contribution is 2.28. The molecule has 0 saturated carbocycles. The molecule has 0 aliphatic rings. The van der Waals surface area contributed by atoms with Gasteiger partial charge in [0.1, 0.15) is 5.75 Å². The predicted octanol–water partition coefficient (Wildman–Crippen LogP) is 2.88. The number of aliphatic hydroxyl groups excluding tert-OH is 1. The Hall–Kier alpha value is -1.02. The standard InChI is InChI=1S/C13H20O2/c1-5-15-11-6-7-12(13(2,3)4)10(8-11)9-14/h6-8,14H,5,9H2,1-4H3.